The monoisotopic (exact) mass is 477 g/mol. The highest BCUT2D eigenvalue weighted by atomic mass is 16.6. The van der Waals surface area contributed by atoms with Crippen molar-refractivity contribution in [3.63, 3.8) is 0 Å². The lowest BCUT2D eigenvalue weighted by atomic mass is 9.68. The summed E-state index contributed by atoms with van der Waals surface area (Å²) in [4.78, 5) is 25.2. The molecule has 1 aliphatic rings. The number of hydrogen-bond acceptors (Lipinski definition) is 5. The van der Waals surface area contributed by atoms with Gasteiger partial charge in [-0.1, -0.05) is 55.1 Å². The third-order valence-corrected chi connectivity index (χ3v) is 6.39. The Balaban J connectivity index is 1.61. The molecule has 35 heavy (non-hydrogen) atoms. The highest BCUT2D eigenvalue weighted by Crippen LogP contribution is 2.40. The highest BCUT2D eigenvalue weighted by Gasteiger charge is 2.38. The van der Waals surface area contributed by atoms with Crippen molar-refractivity contribution >= 4 is 12.0 Å². The van der Waals surface area contributed by atoms with Gasteiger partial charge in [0.1, 0.15) is 11.9 Å². The lowest BCUT2D eigenvalue weighted by Gasteiger charge is -2.40. The Morgan fingerprint density at radius 3 is 2.43 bits per heavy atom. The van der Waals surface area contributed by atoms with Crippen LogP contribution < -0.4 is 20.7 Å². The summed E-state index contributed by atoms with van der Waals surface area (Å²) in [5, 5.41) is 8.84. The van der Waals surface area contributed by atoms with Gasteiger partial charge in [-0.25, -0.2) is 4.79 Å². The largest absolute Gasteiger partial charge is 0.496 e. The van der Waals surface area contributed by atoms with Gasteiger partial charge >= 0.3 is 6.09 Å². The maximum atomic E-state index is 13.0. The zero-order chi connectivity index (χ0) is 25.1. The first-order chi connectivity index (χ1) is 17.0. The van der Waals surface area contributed by atoms with Crippen molar-refractivity contribution in [2.45, 2.75) is 44.1 Å². The van der Waals surface area contributed by atoms with Crippen LogP contribution in [-0.2, 0) is 10.2 Å². The molecule has 0 saturated heterocycles. The van der Waals surface area contributed by atoms with Crippen LogP contribution in [0.15, 0.2) is 79.1 Å². The Kier molecular flexibility index (Phi) is 9.35. The van der Waals surface area contributed by atoms with Crippen molar-refractivity contribution in [2.75, 3.05) is 20.2 Å². The first-order valence-corrected chi connectivity index (χ1v) is 11.9. The molecule has 3 rings (SSSR count). The number of hydrogen-bond donors (Lipinski definition) is 3. The molecule has 186 valence electrons. The van der Waals surface area contributed by atoms with E-state index < -0.39 is 6.09 Å². The number of rotatable bonds is 10. The molecule has 0 spiro atoms. The molecule has 3 N–H and O–H groups in total. The molecule has 0 radical (unpaired) electrons. The molecular weight excluding hydrogens is 442 g/mol. The summed E-state index contributed by atoms with van der Waals surface area (Å²) in [5.41, 5.74) is 2.13. The van der Waals surface area contributed by atoms with E-state index in [2.05, 4.69) is 34.7 Å². The predicted octanol–water partition coefficient (Wildman–Crippen LogP) is 4.67. The number of ether oxygens (including phenoxy) is 2. The Bertz CT molecular complexity index is 1030. The standard InChI is InChI=1S/C28H35N3O4/c1-4-18-29-21(2)19-30-27(33)35-23-14-16-28(17-15-23,22-10-6-5-7-11-22)20-31-26(32)24-12-8-9-13-25(24)34-3/h4-13,18,23,29H,2,14-17,19-20H2,1,3H3,(H,30,33)(H,31,32)/b18-4-. The summed E-state index contributed by atoms with van der Waals surface area (Å²) in [5.74, 6) is 0.382. The van der Waals surface area contributed by atoms with Crippen LogP contribution in [0, 0.1) is 0 Å². The molecular formula is C28H35N3O4. The molecule has 1 aliphatic carbocycles. The molecule has 1 saturated carbocycles. The molecule has 2 amide bonds. The maximum absolute atomic E-state index is 13.0. The summed E-state index contributed by atoms with van der Waals surface area (Å²) in [7, 11) is 1.56. The maximum Gasteiger partial charge on any atom is 0.407 e. The van der Waals surface area contributed by atoms with E-state index in [1.54, 1.807) is 25.4 Å². The highest BCUT2D eigenvalue weighted by molar-refractivity contribution is 5.97. The quantitative estimate of drug-likeness (QED) is 0.463. The molecule has 1 fully saturated rings. The minimum atomic E-state index is -0.449. The van der Waals surface area contributed by atoms with Crippen LogP contribution in [-0.4, -0.2) is 38.3 Å². The zero-order valence-electron chi connectivity index (χ0n) is 20.5. The van der Waals surface area contributed by atoms with Crippen LogP contribution in [0.2, 0.25) is 0 Å². The van der Waals surface area contributed by atoms with E-state index in [1.807, 2.05) is 43.3 Å². The summed E-state index contributed by atoms with van der Waals surface area (Å²) in [6.07, 6.45) is 5.99. The molecule has 0 unspecified atom stereocenters. The van der Waals surface area contributed by atoms with Crippen LogP contribution in [0.5, 0.6) is 5.75 Å². The van der Waals surface area contributed by atoms with Gasteiger partial charge in [0.25, 0.3) is 5.91 Å². The van der Waals surface area contributed by atoms with Crippen molar-refractivity contribution in [2.24, 2.45) is 0 Å². The number of carbonyl (C=O) groups excluding carboxylic acids is 2. The van der Waals surface area contributed by atoms with Gasteiger partial charge in [0.05, 0.1) is 19.2 Å². The van der Waals surface area contributed by atoms with E-state index >= 15 is 0 Å². The van der Waals surface area contributed by atoms with Crippen molar-refractivity contribution < 1.29 is 19.1 Å². The number of para-hydroxylation sites is 1. The van der Waals surface area contributed by atoms with E-state index in [-0.39, 0.29) is 17.4 Å². The summed E-state index contributed by atoms with van der Waals surface area (Å²) in [6, 6.07) is 17.4. The van der Waals surface area contributed by atoms with E-state index in [0.717, 1.165) is 12.8 Å². The van der Waals surface area contributed by atoms with Gasteiger partial charge in [-0.3, -0.25) is 4.79 Å². The average Bonchev–Trinajstić information content (AvgIpc) is 2.90. The van der Waals surface area contributed by atoms with Crippen LogP contribution in [0.3, 0.4) is 0 Å². The molecule has 0 heterocycles. The summed E-state index contributed by atoms with van der Waals surface area (Å²) in [6.45, 7) is 6.53. The molecule has 0 aromatic heterocycles. The van der Waals surface area contributed by atoms with Crippen LogP contribution in [0.1, 0.15) is 48.5 Å². The third-order valence-electron chi connectivity index (χ3n) is 6.39. The topological polar surface area (TPSA) is 88.7 Å². The molecule has 2 aromatic carbocycles. The lowest BCUT2D eigenvalue weighted by Crippen LogP contribution is -2.45. The van der Waals surface area contributed by atoms with Crippen LogP contribution in [0.4, 0.5) is 4.79 Å². The van der Waals surface area contributed by atoms with Crippen molar-refractivity contribution in [1.82, 2.24) is 16.0 Å². The third kappa shape index (κ3) is 7.12. The van der Waals surface area contributed by atoms with Gasteiger partial charge in [0.15, 0.2) is 0 Å². The smallest absolute Gasteiger partial charge is 0.407 e. The van der Waals surface area contributed by atoms with Crippen LogP contribution in [0.25, 0.3) is 0 Å². The molecule has 0 bridgehead atoms. The second-order valence-electron chi connectivity index (χ2n) is 8.74. The van der Waals surface area contributed by atoms with Crippen molar-refractivity contribution in [3.8, 4) is 5.75 Å². The van der Waals surface area contributed by atoms with Crippen LogP contribution >= 0.6 is 0 Å². The number of amides is 2. The fourth-order valence-corrected chi connectivity index (χ4v) is 4.42. The number of methoxy groups -OCH3 is 1. The Labute approximate surface area is 207 Å². The van der Waals surface area contributed by atoms with Crippen molar-refractivity contribution in [1.29, 1.82) is 0 Å². The number of carbonyl (C=O) groups is 2. The van der Waals surface area contributed by atoms with Gasteiger partial charge in [-0.15, -0.1) is 0 Å². The number of benzene rings is 2. The molecule has 0 atom stereocenters. The van der Waals surface area contributed by atoms with E-state index in [0.29, 0.717) is 42.9 Å². The fourth-order valence-electron chi connectivity index (χ4n) is 4.42. The van der Waals surface area contributed by atoms with Crippen molar-refractivity contribution in [3.05, 3.63) is 90.3 Å². The first kappa shape index (κ1) is 25.9. The Morgan fingerprint density at radius 2 is 1.74 bits per heavy atom. The second kappa shape index (κ2) is 12.6. The Hall–Kier alpha value is -3.74. The van der Waals surface area contributed by atoms with Gasteiger partial charge in [0, 0.05) is 17.7 Å². The fraction of sp³-hybridized carbons (Fsp3) is 0.357. The van der Waals surface area contributed by atoms with E-state index in [9.17, 15) is 9.59 Å². The van der Waals surface area contributed by atoms with Gasteiger partial charge in [-0.05, 0) is 56.5 Å². The SMILES string of the molecule is C=C(CNC(=O)OC1CCC(CNC(=O)c2ccccc2OC)(c2ccccc2)CC1)N/C=C\C. The number of alkyl carbamates (subject to hydrolysis) is 1. The lowest BCUT2D eigenvalue weighted by molar-refractivity contribution is 0.0569. The van der Waals surface area contributed by atoms with E-state index in [1.165, 1.54) is 5.56 Å². The molecule has 7 nitrogen and oxygen atoms in total. The van der Waals surface area contributed by atoms with Gasteiger partial charge in [0.2, 0.25) is 0 Å². The minimum Gasteiger partial charge on any atom is -0.496 e. The predicted molar refractivity (Wildman–Crippen MR) is 137 cm³/mol. The first-order valence-electron chi connectivity index (χ1n) is 11.9. The number of nitrogens with one attached hydrogen (secondary N) is 3. The van der Waals surface area contributed by atoms with Gasteiger partial charge < -0.3 is 25.4 Å². The van der Waals surface area contributed by atoms with E-state index in [4.69, 9.17) is 9.47 Å². The number of allylic oxidation sites excluding steroid dienone is 1. The van der Waals surface area contributed by atoms with Gasteiger partial charge in [-0.2, -0.15) is 0 Å². The molecule has 7 heteroatoms. The molecule has 0 aliphatic heterocycles. The zero-order valence-corrected chi connectivity index (χ0v) is 20.5. The summed E-state index contributed by atoms with van der Waals surface area (Å²) < 4.78 is 11.0. The Morgan fingerprint density at radius 1 is 1.06 bits per heavy atom. The second-order valence-corrected chi connectivity index (χ2v) is 8.74. The average molecular weight is 478 g/mol. The summed E-state index contributed by atoms with van der Waals surface area (Å²) >= 11 is 0. The normalized spacial score (nSPS) is 19.5. The minimum absolute atomic E-state index is 0.165. The molecule has 2 aromatic rings.